The van der Waals surface area contributed by atoms with Crippen molar-refractivity contribution in [2.45, 2.75) is 26.3 Å². The van der Waals surface area contributed by atoms with E-state index in [2.05, 4.69) is 18.8 Å². The van der Waals surface area contributed by atoms with Crippen molar-refractivity contribution in [3.8, 4) is 11.8 Å². The first kappa shape index (κ1) is 14.5. The molecule has 3 nitrogen and oxygen atoms in total. The van der Waals surface area contributed by atoms with E-state index in [1.54, 1.807) is 11.0 Å². The van der Waals surface area contributed by atoms with Crippen LogP contribution in [0.2, 0.25) is 0 Å². The maximum atomic E-state index is 14.0. The molecule has 2 unspecified atom stereocenters. The molecule has 20 heavy (non-hydrogen) atoms. The summed E-state index contributed by atoms with van der Waals surface area (Å²) in [5, 5.41) is 8.61. The van der Waals surface area contributed by atoms with Gasteiger partial charge in [-0.3, -0.25) is 4.79 Å². The molecule has 2 atom stereocenters. The SMILES string of the molecule is CC1CC(C)N(C(=O)c2ccc(C#CCO)cc2F)C1. The van der Waals surface area contributed by atoms with Gasteiger partial charge in [0.05, 0.1) is 5.56 Å². The molecule has 1 aliphatic heterocycles. The van der Waals surface area contributed by atoms with Crippen LogP contribution in [0.25, 0.3) is 0 Å². The summed E-state index contributed by atoms with van der Waals surface area (Å²) < 4.78 is 14.0. The number of aliphatic hydroxyl groups excluding tert-OH is 1. The number of aliphatic hydroxyl groups is 1. The fourth-order valence-corrected chi connectivity index (χ4v) is 2.65. The van der Waals surface area contributed by atoms with Gasteiger partial charge in [-0.1, -0.05) is 18.8 Å². The van der Waals surface area contributed by atoms with E-state index in [9.17, 15) is 9.18 Å². The van der Waals surface area contributed by atoms with Crippen LogP contribution in [-0.4, -0.2) is 35.1 Å². The van der Waals surface area contributed by atoms with Crippen LogP contribution in [-0.2, 0) is 0 Å². The molecule has 1 aromatic carbocycles. The van der Waals surface area contributed by atoms with Crippen molar-refractivity contribution in [1.29, 1.82) is 0 Å². The minimum Gasteiger partial charge on any atom is -0.384 e. The molecule has 1 heterocycles. The molecule has 1 N–H and O–H groups in total. The fourth-order valence-electron chi connectivity index (χ4n) is 2.65. The van der Waals surface area contributed by atoms with Gasteiger partial charge in [-0.05, 0) is 37.5 Å². The second-order valence-corrected chi connectivity index (χ2v) is 5.30. The van der Waals surface area contributed by atoms with Gasteiger partial charge in [-0.15, -0.1) is 0 Å². The van der Waals surface area contributed by atoms with Crippen molar-refractivity contribution in [2.75, 3.05) is 13.2 Å². The Hall–Kier alpha value is -1.86. The van der Waals surface area contributed by atoms with Crippen LogP contribution in [0.5, 0.6) is 0 Å². The van der Waals surface area contributed by atoms with E-state index in [0.29, 0.717) is 18.0 Å². The Balaban J connectivity index is 2.23. The highest BCUT2D eigenvalue weighted by Gasteiger charge is 2.31. The maximum absolute atomic E-state index is 14.0. The lowest BCUT2D eigenvalue weighted by atomic mass is 10.1. The molecule has 1 fully saturated rings. The lowest BCUT2D eigenvalue weighted by Gasteiger charge is -2.21. The number of halogens is 1. The molecule has 2 rings (SSSR count). The average Bonchev–Trinajstić information content (AvgIpc) is 2.75. The molecule has 1 aromatic rings. The number of likely N-dealkylation sites (tertiary alicyclic amines) is 1. The summed E-state index contributed by atoms with van der Waals surface area (Å²) in [7, 11) is 0. The minimum atomic E-state index is -0.563. The molecule has 0 spiro atoms. The van der Waals surface area contributed by atoms with Crippen LogP contribution >= 0.6 is 0 Å². The Bertz CT molecular complexity index is 574. The van der Waals surface area contributed by atoms with Crippen molar-refractivity contribution >= 4 is 5.91 Å². The Morgan fingerprint density at radius 2 is 2.25 bits per heavy atom. The van der Waals surface area contributed by atoms with Gasteiger partial charge < -0.3 is 10.0 Å². The zero-order chi connectivity index (χ0) is 14.7. The highest BCUT2D eigenvalue weighted by atomic mass is 19.1. The number of amides is 1. The van der Waals surface area contributed by atoms with Gasteiger partial charge >= 0.3 is 0 Å². The normalized spacial score (nSPS) is 21.5. The maximum Gasteiger partial charge on any atom is 0.257 e. The molecular weight excluding hydrogens is 257 g/mol. The summed E-state index contributed by atoms with van der Waals surface area (Å²) in [5.41, 5.74) is 0.538. The lowest BCUT2D eigenvalue weighted by Crippen LogP contribution is -2.34. The topological polar surface area (TPSA) is 40.5 Å². The summed E-state index contributed by atoms with van der Waals surface area (Å²) in [4.78, 5) is 14.1. The predicted molar refractivity (Wildman–Crippen MR) is 74.6 cm³/mol. The van der Waals surface area contributed by atoms with Crippen LogP contribution in [0.4, 0.5) is 4.39 Å². The molecule has 0 aliphatic carbocycles. The standard InChI is InChI=1S/C16H18FNO2/c1-11-8-12(2)18(10-11)16(20)14-6-5-13(4-3-7-19)9-15(14)17/h5-6,9,11-12,19H,7-8,10H2,1-2H3. The van der Waals surface area contributed by atoms with Gasteiger partial charge in [0.15, 0.2) is 0 Å². The van der Waals surface area contributed by atoms with E-state index < -0.39 is 5.82 Å². The van der Waals surface area contributed by atoms with Crippen molar-refractivity contribution in [3.63, 3.8) is 0 Å². The van der Waals surface area contributed by atoms with E-state index >= 15 is 0 Å². The van der Waals surface area contributed by atoms with Gasteiger partial charge in [0.25, 0.3) is 5.91 Å². The largest absolute Gasteiger partial charge is 0.384 e. The first-order chi connectivity index (χ1) is 9.52. The second-order valence-electron chi connectivity index (χ2n) is 5.30. The number of hydrogen-bond donors (Lipinski definition) is 1. The first-order valence-electron chi connectivity index (χ1n) is 6.73. The van der Waals surface area contributed by atoms with Crippen LogP contribution in [0, 0.1) is 23.6 Å². The third-order valence-corrected chi connectivity index (χ3v) is 3.56. The predicted octanol–water partition coefficient (Wildman–Crippen LogP) is 2.04. The highest BCUT2D eigenvalue weighted by molar-refractivity contribution is 5.95. The minimum absolute atomic E-state index is 0.0838. The molecule has 4 heteroatoms. The van der Waals surface area contributed by atoms with Gasteiger partial charge in [0.1, 0.15) is 12.4 Å². The zero-order valence-corrected chi connectivity index (χ0v) is 11.7. The monoisotopic (exact) mass is 275 g/mol. The highest BCUT2D eigenvalue weighted by Crippen LogP contribution is 2.25. The smallest absolute Gasteiger partial charge is 0.257 e. The third kappa shape index (κ3) is 3.00. The zero-order valence-electron chi connectivity index (χ0n) is 11.7. The van der Waals surface area contributed by atoms with Crippen molar-refractivity contribution in [2.24, 2.45) is 5.92 Å². The number of hydrogen-bond acceptors (Lipinski definition) is 2. The molecule has 0 bridgehead atoms. The molecule has 106 valence electrons. The number of benzene rings is 1. The number of rotatable bonds is 1. The Morgan fingerprint density at radius 3 is 2.80 bits per heavy atom. The van der Waals surface area contributed by atoms with Crippen LogP contribution in [0.15, 0.2) is 18.2 Å². The van der Waals surface area contributed by atoms with Crippen LogP contribution in [0.3, 0.4) is 0 Å². The summed E-state index contributed by atoms with van der Waals surface area (Å²) in [5.74, 6) is 4.70. The molecule has 0 saturated carbocycles. The summed E-state index contributed by atoms with van der Waals surface area (Å²) in [6.07, 6.45) is 0.952. The van der Waals surface area contributed by atoms with E-state index in [0.717, 1.165) is 6.42 Å². The second kappa shape index (κ2) is 6.06. The van der Waals surface area contributed by atoms with Gasteiger partial charge in [-0.2, -0.15) is 0 Å². The summed E-state index contributed by atoms with van der Waals surface area (Å²) >= 11 is 0. The van der Waals surface area contributed by atoms with Crippen molar-refractivity contribution in [1.82, 2.24) is 4.90 Å². The fraction of sp³-hybridized carbons (Fsp3) is 0.438. The number of carbonyl (C=O) groups is 1. The quantitative estimate of drug-likeness (QED) is 0.797. The third-order valence-electron chi connectivity index (χ3n) is 3.56. The van der Waals surface area contributed by atoms with Gasteiger partial charge in [0, 0.05) is 18.2 Å². The number of carbonyl (C=O) groups excluding carboxylic acids is 1. The summed E-state index contributed by atoms with van der Waals surface area (Å²) in [6, 6.07) is 4.45. The van der Waals surface area contributed by atoms with E-state index in [-0.39, 0.29) is 24.1 Å². The Kier molecular flexibility index (Phi) is 4.41. The molecule has 0 aromatic heterocycles. The van der Waals surface area contributed by atoms with Crippen LogP contribution in [0.1, 0.15) is 36.2 Å². The van der Waals surface area contributed by atoms with Gasteiger partial charge in [-0.25, -0.2) is 4.39 Å². The molecule has 1 saturated heterocycles. The van der Waals surface area contributed by atoms with Crippen molar-refractivity contribution in [3.05, 3.63) is 35.1 Å². The Labute approximate surface area is 118 Å². The van der Waals surface area contributed by atoms with Crippen LogP contribution < -0.4 is 0 Å². The first-order valence-corrected chi connectivity index (χ1v) is 6.73. The molecule has 1 aliphatic rings. The average molecular weight is 275 g/mol. The number of nitrogens with zero attached hydrogens (tertiary/aromatic N) is 1. The molecule has 1 amide bonds. The van der Waals surface area contributed by atoms with E-state index in [1.165, 1.54) is 12.1 Å². The van der Waals surface area contributed by atoms with Crippen molar-refractivity contribution < 1.29 is 14.3 Å². The lowest BCUT2D eigenvalue weighted by molar-refractivity contribution is 0.0739. The summed E-state index contributed by atoms with van der Waals surface area (Å²) in [6.45, 7) is 4.48. The van der Waals surface area contributed by atoms with E-state index in [4.69, 9.17) is 5.11 Å². The van der Waals surface area contributed by atoms with E-state index in [1.807, 2.05) is 6.92 Å². The Morgan fingerprint density at radius 1 is 1.50 bits per heavy atom. The molecular formula is C16H18FNO2. The van der Waals surface area contributed by atoms with Gasteiger partial charge in [0.2, 0.25) is 0 Å². The molecule has 0 radical (unpaired) electrons.